The molecule has 1 saturated heterocycles. The summed E-state index contributed by atoms with van der Waals surface area (Å²) in [5.74, 6) is -1.21. The van der Waals surface area contributed by atoms with E-state index < -0.39 is 17.3 Å². The topological polar surface area (TPSA) is 64.4 Å². The van der Waals surface area contributed by atoms with E-state index in [0.29, 0.717) is 13.1 Å². The van der Waals surface area contributed by atoms with Crippen molar-refractivity contribution in [2.75, 3.05) is 18.0 Å². The number of rotatable bonds is 2. The lowest BCUT2D eigenvalue weighted by atomic mass is 9.86. The highest BCUT2D eigenvalue weighted by Crippen LogP contribution is 2.38. The summed E-state index contributed by atoms with van der Waals surface area (Å²) in [6.45, 7) is 3.40. The minimum Gasteiger partial charge on any atom is -0.343 e. The lowest BCUT2D eigenvalue weighted by molar-refractivity contribution is -0.130. The zero-order chi connectivity index (χ0) is 17.2. The van der Waals surface area contributed by atoms with Crippen molar-refractivity contribution in [3.8, 4) is 6.07 Å². The normalized spacial score (nSPS) is 16.6. The number of halogens is 2. The van der Waals surface area contributed by atoms with Crippen LogP contribution in [-0.2, 0) is 9.59 Å². The second-order valence-corrected chi connectivity index (χ2v) is 5.98. The van der Waals surface area contributed by atoms with Gasteiger partial charge in [-0.05, 0) is 12.1 Å². The van der Waals surface area contributed by atoms with Gasteiger partial charge in [-0.1, -0.05) is 17.7 Å². The molecule has 1 aromatic rings. The summed E-state index contributed by atoms with van der Waals surface area (Å²) >= 11 is 6.08. The predicted molar refractivity (Wildman–Crippen MR) is 84.4 cm³/mol. The van der Waals surface area contributed by atoms with E-state index in [1.807, 2.05) is 0 Å². The molecule has 0 saturated carbocycles. The average Bonchev–Trinajstić information content (AvgIpc) is 2.50. The van der Waals surface area contributed by atoms with E-state index in [1.54, 1.807) is 4.90 Å². The van der Waals surface area contributed by atoms with E-state index in [4.69, 9.17) is 11.6 Å². The van der Waals surface area contributed by atoms with Gasteiger partial charge in [0.05, 0.1) is 16.8 Å². The molecule has 1 aliphatic heterocycles. The van der Waals surface area contributed by atoms with Crippen molar-refractivity contribution in [3.63, 3.8) is 0 Å². The van der Waals surface area contributed by atoms with Gasteiger partial charge in [-0.2, -0.15) is 5.26 Å². The first-order valence-corrected chi connectivity index (χ1v) is 7.62. The molecule has 7 heteroatoms. The van der Waals surface area contributed by atoms with Crippen molar-refractivity contribution >= 4 is 29.1 Å². The number of hydrogen-bond donors (Lipinski definition) is 0. The molecule has 0 atom stereocenters. The van der Waals surface area contributed by atoms with Crippen LogP contribution in [-0.4, -0.2) is 35.3 Å². The van der Waals surface area contributed by atoms with Gasteiger partial charge in [0.1, 0.15) is 11.4 Å². The molecule has 0 aliphatic carbocycles. The summed E-state index contributed by atoms with van der Waals surface area (Å²) in [7, 11) is 0. The Morgan fingerprint density at radius 3 is 2.39 bits per heavy atom. The molecular weight excluding hydrogens is 321 g/mol. The second-order valence-electron chi connectivity index (χ2n) is 5.57. The standard InChI is InChI=1S/C16H17ClFN3O2/c1-11(22)20-8-6-16(10-19,7-9-20)21(12(2)23)15-13(17)4-3-5-14(15)18/h3-5H,6-9H2,1-2H3. The van der Waals surface area contributed by atoms with Crippen LogP contribution in [0.25, 0.3) is 0 Å². The molecule has 2 amide bonds. The molecule has 23 heavy (non-hydrogen) atoms. The quantitative estimate of drug-likeness (QED) is 0.833. The highest BCUT2D eigenvalue weighted by atomic mass is 35.5. The Labute approximate surface area is 139 Å². The molecule has 0 N–H and O–H groups in total. The molecule has 2 rings (SSSR count). The molecule has 1 fully saturated rings. The molecular formula is C16H17ClFN3O2. The third-order valence-corrected chi connectivity index (χ3v) is 4.45. The SMILES string of the molecule is CC(=O)N1CCC(C#N)(N(C(C)=O)c2c(F)cccc2Cl)CC1. The molecule has 0 aromatic heterocycles. The van der Waals surface area contributed by atoms with E-state index in [0.717, 1.165) is 4.90 Å². The van der Waals surface area contributed by atoms with Crippen molar-refractivity contribution in [3.05, 3.63) is 29.0 Å². The van der Waals surface area contributed by atoms with Crippen LogP contribution in [0.15, 0.2) is 18.2 Å². The molecule has 1 aliphatic rings. The lowest BCUT2D eigenvalue weighted by Crippen LogP contribution is -2.57. The molecule has 5 nitrogen and oxygen atoms in total. The van der Waals surface area contributed by atoms with Gasteiger partial charge in [-0.15, -0.1) is 0 Å². The van der Waals surface area contributed by atoms with Crippen molar-refractivity contribution in [2.45, 2.75) is 32.2 Å². The fraction of sp³-hybridized carbons (Fsp3) is 0.438. The van der Waals surface area contributed by atoms with Crippen molar-refractivity contribution in [1.82, 2.24) is 4.90 Å². The highest BCUT2D eigenvalue weighted by Gasteiger charge is 2.44. The predicted octanol–water partition coefficient (Wildman–Crippen LogP) is 2.74. The Morgan fingerprint density at radius 2 is 1.96 bits per heavy atom. The molecule has 0 bridgehead atoms. The van der Waals surface area contributed by atoms with E-state index >= 15 is 0 Å². The third-order valence-electron chi connectivity index (χ3n) is 4.15. The van der Waals surface area contributed by atoms with Crippen molar-refractivity contribution < 1.29 is 14.0 Å². The number of carbonyl (C=O) groups is 2. The number of anilines is 1. The van der Waals surface area contributed by atoms with E-state index in [1.165, 1.54) is 32.0 Å². The number of likely N-dealkylation sites (tertiary alicyclic amines) is 1. The number of para-hydroxylation sites is 1. The molecule has 1 aromatic carbocycles. The number of nitrogens with zero attached hydrogens (tertiary/aromatic N) is 3. The zero-order valence-electron chi connectivity index (χ0n) is 13.0. The van der Waals surface area contributed by atoms with Gasteiger partial charge < -0.3 is 4.90 Å². The van der Waals surface area contributed by atoms with Crippen LogP contribution in [0.2, 0.25) is 5.02 Å². The largest absolute Gasteiger partial charge is 0.343 e. The minimum absolute atomic E-state index is 0.0730. The van der Waals surface area contributed by atoms with Gasteiger partial charge in [0.15, 0.2) is 0 Å². The van der Waals surface area contributed by atoms with Crippen LogP contribution < -0.4 is 4.90 Å². The second kappa shape index (κ2) is 6.55. The van der Waals surface area contributed by atoms with Crippen LogP contribution in [0, 0.1) is 17.1 Å². The fourth-order valence-electron chi connectivity index (χ4n) is 2.95. The summed E-state index contributed by atoms with van der Waals surface area (Å²) in [6.07, 6.45) is 0.487. The molecule has 0 radical (unpaired) electrons. The highest BCUT2D eigenvalue weighted by molar-refractivity contribution is 6.33. The number of piperidine rings is 1. The number of nitriles is 1. The van der Waals surface area contributed by atoms with Gasteiger partial charge >= 0.3 is 0 Å². The first-order chi connectivity index (χ1) is 10.8. The molecule has 0 spiro atoms. The van der Waals surface area contributed by atoms with Crippen LogP contribution in [0.3, 0.4) is 0 Å². The minimum atomic E-state index is -1.22. The summed E-state index contributed by atoms with van der Waals surface area (Å²) < 4.78 is 14.3. The first kappa shape index (κ1) is 17.2. The zero-order valence-corrected chi connectivity index (χ0v) is 13.7. The van der Waals surface area contributed by atoms with Crippen molar-refractivity contribution in [1.29, 1.82) is 5.26 Å². The Morgan fingerprint density at radius 1 is 1.35 bits per heavy atom. The summed E-state index contributed by atoms with van der Waals surface area (Å²) in [6, 6.07) is 6.27. The monoisotopic (exact) mass is 337 g/mol. The summed E-state index contributed by atoms with van der Waals surface area (Å²) in [4.78, 5) is 26.4. The summed E-state index contributed by atoms with van der Waals surface area (Å²) in [5.41, 5.74) is -1.30. The summed E-state index contributed by atoms with van der Waals surface area (Å²) in [5, 5.41) is 9.79. The van der Waals surface area contributed by atoms with Crippen LogP contribution in [0.4, 0.5) is 10.1 Å². The fourth-order valence-corrected chi connectivity index (χ4v) is 3.20. The number of benzene rings is 1. The van der Waals surface area contributed by atoms with Gasteiger partial charge in [0.2, 0.25) is 11.8 Å². The Bertz CT molecular complexity index is 658. The molecule has 122 valence electrons. The molecule has 0 unspecified atom stereocenters. The third kappa shape index (κ3) is 3.15. The number of carbonyl (C=O) groups excluding carboxylic acids is 2. The Kier molecular flexibility index (Phi) is 4.90. The molecule has 1 heterocycles. The van der Waals surface area contributed by atoms with Crippen LogP contribution >= 0.6 is 11.6 Å². The van der Waals surface area contributed by atoms with E-state index in [9.17, 15) is 19.2 Å². The van der Waals surface area contributed by atoms with Crippen molar-refractivity contribution in [2.24, 2.45) is 0 Å². The maximum absolute atomic E-state index is 14.3. The van der Waals surface area contributed by atoms with Gasteiger partial charge in [-0.3, -0.25) is 14.5 Å². The maximum atomic E-state index is 14.3. The average molecular weight is 338 g/mol. The van der Waals surface area contributed by atoms with E-state index in [2.05, 4.69) is 6.07 Å². The van der Waals surface area contributed by atoms with E-state index in [-0.39, 0.29) is 29.5 Å². The number of hydrogen-bond acceptors (Lipinski definition) is 3. The van der Waals surface area contributed by atoms with Crippen LogP contribution in [0.5, 0.6) is 0 Å². The smallest absolute Gasteiger partial charge is 0.225 e. The van der Waals surface area contributed by atoms with Gasteiger partial charge in [0, 0.05) is 39.8 Å². The lowest BCUT2D eigenvalue weighted by Gasteiger charge is -2.44. The first-order valence-electron chi connectivity index (χ1n) is 7.24. The number of amides is 2. The van der Waals surface area contributed by atoms with Gasteiger partial charge in [-0.25, -0.2) is 4.39 Å². The van der Waals surface area contributed by atoms with Crippen LogP contribution in [0.1, 0.15) is 26.7 Å². The van der Waals surface area contributed by atoms with Gasteiger partial charge in [0.25, 0.3) is 0 Å². The Balaban J connectivity index is 2.47. The maximum Gasteiger partial charge on any atom is 0.225 e. The Hall–Kier alpha value is -2.13.